The molecule has 1 amide bonds. The van der Waals surface area contributed by atoms with Crippen LogP contribution in [-0.4, -0.2) is 64.4 Å². The third-order valence-corrected chi connectivity index (χ3v) is 8.99. The number of aryl methyl sites for hydroxylation is 1. The van der Waals surface area contributed by atoms with Gasteiger partial charge in [0.1, 0.15) is 9.96 Å². The van der Waals surface area contributed by atoms with Crippen LogP contribution in [0.5, 0.6) is 5.75 Å². The topological polar surface area (TPSA) is 79.0 Å². The highest BCUT2D eigenvalue weighted by atomic mass is 32.2. The number of carbonyl (C=O) groups is 1. The average Bonchev–Trinajstić information content (AvgIpc) is 3.21. The smallest absolute Gasteiger partial charge is 0.252 e. The van der Waals surface area contributed by atoms with Crippen molar-refractivity contribution in [3.05, 3.63) is 46.8 Å². The summed E-state index contributed by atoms with van der Waals surface area (Å²) in [7, 11) is 2.00. The van der Waals surface area contributed by atoms with Crippen LogP contribution in [0.3, 0.4) is 0 Å². The Morgan fingerprint density at radius 1 is 1.29 bits per heavy atom. The summed E-state index contributed by atoms with van der Waals surface area (Å²) in [4.78, 5) is 15.9. The van der Waals surface area contributed by atoms with Gasteiger partial charge in [0.25, 0.3) is 10.0 Å². The van der Waals surface area contributed by atoms with E-state index < -0.39 is 10.0 Å². The number of sulfonamides is 1. The van der Waals surface area contributed by atoms with Gasteiger partial charge in [0, 0.05) is 30.1 Å². The van der Waals surface area contributed by atoms with Crippen molar-refractivity contribution in [1.29, 1.82) is 0 Å². The van der Waals surface area contributed by atoms with E-state index in [1.807, 2.05) is 56.3 Å². The summed E-state index contributed by atoms with van der Waals surface area (Å²) in [6.45, 7) is 2.97. The third kappa shape index (κ3) is 5.46. The standard InChI is InChI=1S/C22H31N3O4S2/c1-16-11-12-21(30-16)31(27,28)25-13-7-8-17(15-25)22(26)23-14-19(24(2)3)18-9-5-6-10-20(18)29-4/h5-6,9-12,17,19H,7-8,13-15H2,1-4H3,(H,23,26). The van der Waals surface area contributed by atoms with Crippen LogP contribution in [-0.2, 0) is 14.8 Å². The molecule has 2 aromatic rings. The van der Waals surface area contributed by atoms with Gasteiger partial charge in [-0.15, -0.1) is 11.3 Å². The van der Waals surface area contributed by atoms with E-state index in [1.54, 1.807) is 13.2 Å². The van der Waals surface area contributed by atoms with E-state index in [0.29, 0.717) is 30.1 Å². The maximum Gasteiger partial charge on any atom is 0.252 e. The molecule has 0 saturated carbocycles. The highest BCUT2D eigenvalue weighted by Gasteiger charge is 2.34. The molecule has 0 aliphatic carbocycles. The summed E-state index contributed by atoms with van der Waals surface area (Å²) in [6.07, 6.45) is 1.36. The molecule has 0 bridgehead atoms. The Morgan fingerprint density at radius 3 is 2.68 bits per heavy atom. The second-order valence-corrected chi connectivity index (χ2v) is 11.5. The molecule has 1 aromatic carbocycles. The van der Waals surface area contributed by atoms with Crippen molar-refractivity contribution in [3.63, 3.8) is 0 Å². The molecule has 3 rings (SSSR count). The van der Waals surface area contributed by atoms with E-state index >= 15 is 0 Å². The minimum Gasteiger partial charge on any atom is -0.496 e. The van der Waals surface area contributed by atoms with E-state index in [0.717, 1.165) is 16.2 Å². The number of rotatable bonds is 8. The van der Waals surface area contributed by atoms with Crippen molar-refractivity contribution in [1.82, 2.24) is 14.5 Å². The van der Waals surface area contributed by atoms with Crippen LogP contribution >= 0.6 is 11.3 Å². The number of hydrogen-bond acceptors (Lipinski definition) is 6. The summed E-state index contributed by atoms with van der Waals surface area (Å²) in [5.74, 6) is 0.311. The highest BCUT2D eigenvalue weighted by Crippen LogP contribution is 2.29. The molecule has 2 heterocycles. The van der Waals surface area contributed by atoms with Gasteiger partial charge in [-0.1, -0.05) is 18.2 Å². The Bertz CT molecular complexity index is 1000. The largest absolute Gasteiger partial charge is 0.496 e. The number of methoxy groups -OCH3 is 1. The van der Waals surface area contributed by atoms with Crippen molar-refractivity contribution in [2.45, 2.75) is 30.0 Å². The first kappa shape index (κ1) is 23.7. The van der Waals surface area contributed by atoms with E-state index in [4.69, 9.17) is 4.74 Å². The molecule has 1 fully saturated rings. The quantitative estimate of drug-likeness (QED) is 0.649. The second kappa shape index (κ2) is 10.1. The Balaban J connectivity index is 1.67. The summed E-state index contributed by atoms with van der Waals surface area (Å²) in [5, 5.41) is 3.04. The number of benzene rings is 1. The lowest BCUT2D eigenvalue weighted by Gasteiger charge is -2.32. The maximum atomic E-state index is 13.0. The lowest BCUT2D eigenvalue weighted by Crippen LogP contribution is -2.46. The Labute approximate surface area is 189 Å². The molecule has 1 aliphatic heterocycles. The molecule has 2 unspecified atom stereocenters. The molecular formula is C22H31N3O4S2. The fourth-order valence-corrected chi connectivity index (χ4v) is 6.87. The first-order valence-corrected chi connectivity index (χ1v) is 12.6. The van der Waals surface area contributed by atoms with E-state index in [9.17, 15) is 13.2 Å². The van der Waals surface area contributed by atoms with Crippen molar-refractivity contribution < 1.29 is 17.9 Å². The molecule has 0 radical (unpaired) electrons. The molecule has 0 spiro atoms. The van der Waals surface area contributed by atoms with Gasteiger partial charge in [-0.25, -0.2) is 8.42 Å². The van der Waals surface area contributed by atoms with Crippen LogP contribution in [0.2, 0.25) is 0 Å². The number of carbonyl (C=O) groups excluding carboxylic acids is 1. The first-order valence-electron chi connectivity index (χ1n) is 10.4. The third-order valence-electron chi connectivity index (χ3n) is 5.66. The maximum absolute atomic E-state index is 13.0. The molecule has 2 atom stereocenters. The molecule has 9 heteroatoms. The number of ether oxygens (including phenoxy) is 1. The Morgan fingerprint density at radius 2 is 2.03 bits per heavy atom. The molecule has 1 aromatic heterocycles. The molecule has 1 N–H and O–H groups in total. The fourth-order valence-electron chi connectivity index (χ4n) is 3.91. The number of nitrogens with zero attached hydrogens (tertiary/aromatic N) is 2. The predicted octanol–water partition coefficient (Wildman–Crippen LogP) is 2.88. The number of amides is 1. The lowest BCUT2D eigenvalue weighted by atomic mass is 9.98. The summed E-state index contributed by atoms with van der Waals surface area (Å²) < 4.78 is 33.2. The predicted molar refractivity (Wildman–Crippen MR) is 123 cm³/mol. The van der Waals surface area contributed by atoms with E-state index in [2.05, 4.69) is 5.32 Å². The highest BCUT2D eigenvalue weighted by molar-refractivity contribution is 7.91. The molecule has 7 nitrogen and oxygen atoms in total. The van der Waals surface area contributed by atoms with Crippen LogP contribution in [0.15, 0.2) is 40.6 Å². The zero-order valence-corrected chi connectivity index (χ0v) is 20.1. The van der Waals surface area contributed by atoms with Crippen molar-refractivity contribution in [3.8, 4) is 5.75 Å². The second-order valence-electron chi connectivity index (χ2n) is 8.03. The Kier molecular flexibility index (Phi) is 7.74. The average molecular weight is 466 g/mol. The number of likely N-dealkylation sites (N-methyl/N-ethyl adjacent to an activating group) is 1. The van der Waals surface area contributed by atoms with E-state index in [1.165, 1.54) is 15.6 Å². The van der Waals surface area contributed by atoms with Crippen molar-refractivity contribution >= 4 is 27.3 Å². The number of piperidine rings is 1. The fraction of sp³-hybridized carbons (Fsp3) is 0.500. The minimum absolute atomic E-state index is 0.0578. The molecule has 1 saturated heterocycles. The summed E-state index contributed by atoms with van der Waals surface area (Å²) in [6, 6.07) is 11.2. The van der Waals surface area contributed by atoms with Crippen LogP contribution in [0, 0.1) is 12.8 Å². The molecule has 31 heavy (non-hydrogen) atoms. The van der Waals surface area contributed by atoms with Gasteiger partial charge in [-0.05, 0) is 52.1 Å². The first-order chi connectivity index (χ1) is 14.7. The molecular weight excluding hydrogens is 434 g/mol. The zero-order chi connectivity index (χ0) is 22.6. The number of nitrogens with one attached hydrogen (secondary N) is 1. The van der Waals surface area contributed by atoms with Crippen LogP contribution in [0.1, 0.15) is 29.3 Å². The van der Waals surface area contributed by atoms with Gasteiger partial charge < -0.3 is 15.0 Å². The van der Waals surface area contributed by atoms with Crippen molar-refractivity contribution in [2.75, 3.05) is 40.8 Å². The zero-order valence-electron chi connectivity index (χ0n) is 18.5. The van der Waals surface area contributed by atoms with Crippen LogP contribution in [0.4, 0.5) is 0 Å². The van der Waals surface area contributed by atoms with Gasteiger partial charge in [-0.2, -0.15) is 4.31 Å². The normalized spacial score (nSPS) is 18.7. The van der Waals surface area contributed by atoms with Gasteiger partial charge in [0.15, 0.2) is 0 Å². The monoisotopic (exact) mass is 465 g/mol. The van der Waals surface area contributed by atoms with Gasteiger partial charge >= 0.3 is 0 Å². The minimum atomic E-state index is -3.56. The van der Waals surface area contributed by atoms with Crippen LogP contribution < -0.4 is 10.1 Å². The SMILES string of the molecule is COc1ccccc1C(CNC(=O)C1CCCN(S(=O)(=O)c2ccc(C)s2)C1)N(C)C. The summed E-state index contributed by atoms with van der Waals surface area (Å²) >= 11 is 1.27. The molecule has 1 aliphatic rings. The Hall–Kier alpha value is -1.94. The van der Waals surface area contributed by atoms with Crippen molar-refractivity contribution in [2.24, 2.45) is 5.92 Å². The molecule has 170 valence electrons. The van der Waals surface area contributed by atoms with E-state index in [-0.39, 0.29) is 24.4 Å². The van der Waals surface area contributed by atoms with Gasteiger partial charge in [0.2, 0.25) is 5.91 Å². The lowest BCUT2D eigenvalue weighted by molar-refractivity contribution is -0.126. The number of hydrogen-bond donors (Lipinski definition) is 1. The number of para-hydroxylation sites is 1. The van der Waals surface area contributed by atoms with Gasteiger partial charge in [-0.3, -0.25) is 4.79 Å². The summed E-state index contributed by atoms with van der Waals surface area (Å²) in [5.41, 5.74) is 0.996. The number of thiophene rings is 1. The van der Waals surface area contributed by atoms with Crippen LogP contribution in [0.25, 0.3) is 0 Å². The van der Waals surface area contributed by atoms with Gasteiger partial charge in [0.05, 0.1) is 19.1 Å².